The molecule has 0 saturated carbocycles. The zero-order chi connectivity index (χ0) is 24.2. The smallest absolute Gasteiger partial charge is 0.329 e. The van der Waals surface area contributed by atoms with Crippen LogP contribution >= 0.6 is 0 Å². The Morgan fingerprint density at radius 3 is 2.06 bits per heavy atom. The van der Waals surface area contributed by atoms with E-state index in [1.807, 2.05) is 72.8 Å². The molecule has 0 bridgehead atoms. The molecule has 2 fully saturated rings. The number of piperazine rings is 1. The van der Waals surface area contributed by atoms with Crippen LogP contribution in [-0.4, -0.2) is 66.6 Å². The molecule has 180 valence electrons. The van der Waals surface area contributed by atoms with Crippen LogP contribution in [0.25, 0.3) is 0 Å². The molecule has 2 saturated heterocycles. The number of carbonyl (C=O) groups excluding carboxylic acids is 2. The first kappa shape index (κ1) is 22.9. The molecule has 0 N–H and O–H groups in total. The molecule has 2 aliphatic rings. The summed E-state index contributed by atoms with van der Waals surface area (Å²) in [7, 11) is 1.66. The largest absolute Gasteiger partial charge is 0.497 e. The van der Waals surface area contributed by atoms with Crippen molar-refractivity contribution in [1.29, 1.82) is 0 Å². The van der Waals surface area contributed by atoms with Crippen LogP contribution < -0.4 is 9.64 Å². The van der Waals surface area contributed by atoms with Gasteiger partial charge in [-0.2, -0.15) is 0 Å². The molecule has 3 aromatic rings. The molecule has 0 aromatic heterocycles. The normalized spacial score (nSPS) is 18.9. The van der Waals surface area contributed by atoms with E-state index in [-0.39, 0.29) is 11.9 Å². The number of amides is 3. The van der Waals surface area contributed by atoms with Gasteiger partial charge in [0, 0.05) is 38.4 Å². The molecular formula is C28H30N4O3. The van der Waals surface area contributed by atoms with Gasteiger partial charge in [0.1, 0.15) is 11.8 Å². The van der Waals surface area contributed by atoms with Crippen molar-refractivity contribution in [2.24, 2.45) is 0 Å². The first-order valence-corrected chi connectivity index (χ1v) is 12.0. The van der Waals surface area contributed by atoms with Crippen LogP contribution in [0, 0.1) is 0 Å². The monoisotopic (exact) mass is 470 g/mol. The molecule has 2 aliphatic heterocycles. The molecule has 1 unspecified atom stereocenters. The van der Waals surface area contributed by atoms with E-state index >= 15 is 0 Å². The van der Waals surface area contributed by atoms with Crippen LogP contribution in [0.2, 0.25) is 0 Å². The molecule has 0 aliphatic carbocycles. The second kappa shape index (κ2) is 10.2. The fraction of sp³-hybridized carbons (Fsp3) is 0.286. The lowest BCUT2D eigenvalue weighted by atomic mass is 10.1. The van der Waals surface area contributed by atoms with Gasteiger partial charge in [-0.1, -0.05) is 60.7 Å². The second-order valence-electron chi connectivity index (χ2n) is 8.92. The lowest BCUT2D eigenvalue weighted by Gasteiger charge is -2.37. The number of imide groups is 1. The summed E-state index contributed by atoms with van der Waals surface area (Å²) < 4.78 is 5.25. The lowest BCUT2D eigenvalue weighted by Crippen LogP contribution is -2.51. The van der Waals surface area contributed by atoms with E-state index in [1.54, 1.807) is 12.0 Å². The van der Waals surface area contributed by atoms with Gasteiger partial charge < -0.3 is 14.5 Å². The fourth-order valence-electron chi connectivity index (χ4n) is 4.81. The molecule has 3 aromatic carbocycles. The Hall–Kier alpha value is -3.84. The van der Waals surface area contributed by atoms with E-state index in [1.165, 1.54) is 4.90 Å². The summed E-state index contributed by atoms with van der Waals surface area (Å²) in [6.07, 6.45) is 0. The third kappa shape index (κ3) is 4.86. The number of hydrogen-bond acceptors (Lipinski definition) is 5. The molecule has 2 heterocycles. The summed E-state index contributed by atoms with van der Waals surface area (Å²) in [5.41, 5.74) is 3.00. The summed E-state index contributed by atoms with van der Waals surface area (Å²) >= 11 is 0. The van der Waals surface area contributed by atoms with Crippen LogP contribution in [-0.2, 0) is 11.3 Å². The average molecular weight is 471 g/mol. The molecule has 0 radical (unpaired) electrons. The lowest BCUT2D eigenvalue weighted by molar-refractivity contribution is -0.130. The second-order valence-corrected chi connectivity index (χ2v) is 8.92. The molecular weight excluding hydrogens is 440 g/mol. The minimum absolute atomic E-state index is 0.158. The Morgan fingerprint density at radius 2 is 1.43 bits per heavy atom. The van der Waals surface area contributed by atoms with E-state index in [2.05, 4.69) is 21.9 Å². The van der Waals surface area contributed by atoms with Crippen molar-refractivity contribution in [3.63, 3.8) is 0 Å². The third-order valence-electron chi connectivity index (χ3n) is 6.75. The van der Waals surface area contributed by atoms with Crippen molar-refractivity contribution in [3.05, 3.63) is 96.1 Å². The Balaban J connectivity index is 1.28. The number of benzene rings is 3. The Kier molecular flexibility index (Phi) is 6.68. The maximum absolute atomic E-state index is 13.6. The number of nitrogens with zero attached hydrogens (tertiary/aromatic N) is 4. The zero-order valence-electron chi connectivity index (χ0n) is 19.9. The van der Waals surface area contributed by atoms with Crippen LogP contribution in [0.4, 0.5) is 10.5 Å². The predicted octanol–water partition coefficient (Wildman–Crippen LogP) is 3.98. The summed E-state index contributed by atoms with van der Waals surface area (Å²) in [4.78, 5) is 34.7. The number of rotatable bonds is 7. The number of urea groups is 1. The van der Waals surface area contributed by atoms with Gasteiger partial charge in [0.25, 0.3) is 5.91 Å². The molecule has 7 nitrogen and oxygen atoms in total. The van der Waals surface area contributed by atoms with Gasteiger partial charge in [0.2, 0.25) is 0 Å². The van der Waals surface area contributed by atoms with Gasteiger partial charge in [-0.15, -0.1) is 0 Å². The van der Waals surface area contributed by atoms with Gasteiger partial charge in [0.15, 0.2) is 0 Å². The SMILES string of the molecule is COc1ccc(N2CCN(CN3C(=O)C(c4ccccc4)N(Cc4ccccc4)C3=O)CC2)cc1. The molecule has 0 spiro atoms. The molecule has 3 amide bonds. The Bertz CT molecular complexity index is 1150. The van der Waals surface area contributed by atoms with Crippen LogP contribution in [0.15, 0.2) is 84.9 Å². The Morgan fingerprint density at radius 1 is 0.800 bits per heavy atom. The summed E-state index contributed by atoms with van der Waals surface area (Å²) in [6, 6.07) is 26.6. The first-order chi connectivity index (χ1) is 17.1. The highest BCUT2D eigenvalue weighted by atomic mass is 16.5. The van der Waals surface area contributed by atoms with Gasteiger partial charge in [-0.05, 0) is 35.4 Å². The van der Waals surface area contributed by atoms with Gasteiger partial charge in [-0.25, -0.2) is 9.69 Å². The van der Waals surface area contributed by atoms with Crippen molar-refractivity contribution >= 4 is 17.6 Å². The topological polar surface area (TPSA) is 56.3 Å². The van der Waals surface area contributed by atoms with E-state index in [4.69, 9.17) is 4.74 Å². The number of carbonyl (C=O) groups is 2. The van der Waals surface area contributed by atoms with E-state index in [0.717, 1.165) is 48.7 Å². The van der Waals surface area contributed by atoms with Gasteiger partial charge in [0.05, 0.1) is 13.8 Å². The third-order valence-corrected chi connectivity index (χ3v) is 6.75. The molecule has 1 atom stereocenters. The van der Waals surface area contributed by atoms with Crippen LogP contribution in [0.3, 0.4) is 0 Å². The summed E-state index contributed by atoms with van der Waals surface area (Å²) in [5.74, 6) is 0.682. The minimum Gasteiger partial charge on any atom is -0.497 e. The highest BCUT2D eigenvalue weighted by Gasteiger charge is 2.46. The maximum atomic E-state index is 13.6. The fourth-order valence-corrected chi connectivity index (χ4v) is 4.81. The Labute approximate surface area is 206 Å². The van der Waals surface area contributed by atoms with Gasteiger partial charge in [-0.3, -0.25) is 9.69 Å². The number of hydrogen-bond donors (Lipinski definition) is 0. The number of methoxy groups -OCH3 is 1. The van der Waals surface area contributed by atoms with Crippen molar-refractivity contribution in [2.75, 3.05) is 44.9 Å². The van der Waals surface area contributed by atoms with Crippen LogP contribution in [0.1, 0.15) is 17.2 Å². The van der Waals surface area contributed by atoms with Crippen molar-refractivity contribution in [2.45, 2.75) is 12.6 Å². The first-order valence-electron chi connectivity index (χ1n) is 12.0. The quantitative estimate of drug-likeness (QED) is 0.489. The maximum Gasteiger partial charge on any atom is 0.329 e. The molecule has 5 rings (SSSR count). The van der Waals surface area contributed by atoms with E-state index < -0.39 is 6.04 Å². The predicted molar refractivity (Wildman–Crippen MR) is 135 cm³/mol. The van der Waals surface area contributed by atoms with Crippen LogP contribution in [0.5, 0.6) is 5.75 Å². The number of ether oxygens (including phenoxy) is 1. The molecule has 7 heteroatoms. The number of anilines is 1. The highest BCUT2D eigenvalue weighted by molar-refractivity contribution is 6.04. The highest BCUT2D eigenvalue weighted by Crippen LogP contribution is 2.33. The van der Waals surface area contributed by atoms with Gasteiger partial charge >= 0.3 is 6.03 Å². The standard InChI is InChI=1S/C28H30N4O3/c1-35-25-14-12-24(13-15-25)30-18-16-29(17-19-30)21-32-27(33)26(23-10-6-3-7-11-23)31(28(32)34)20-22-8-4-2-5-9-22/h2-15,26H,16-21H2,1H3. The molecule has 35 heavy (non-hydrogen) atoms. The summed E-state index contributed by atoms with van der Waals surface area (Å²) in [6.45, 7) is 3.92. The van der Waals surface area contributed by atoms with Crippen molar-refractivity contribution in [3.8, 4) is 5.75 Å². The van der Waals surface area contributed by atoms with E-state index in [9.17, 15) is 9.59 Å². The average Bonchev–Trinajstić information content (AvgIpc) is 3.14. The summed E-state index contributed by atoms with van der Waals surface area (Å²) in [5, 5.41) is 0. The zero-order valence-corrected chi connectivity index (χ0v) is 19.9. The minimum atomic E-state index is -0.607. The van der Waals surface area contributed by atoms with Crippen molar-refractivity contribution in [1.82, 2.24) is 14.7 Å². The van der Waals surface area contributed by atoms with Crippen molar-refractivity contribution < 1.29 is 14.3 Å². The van der Waals surface area contributed by atoms with E-state index in [0.29, 0.717) is 13.2 Å².